The van der Waals surface area contributed by atoms with Crippen LogP contribution in [-0.2, 0) is 0 Å². The average molecular weight is 392 g/mol. The SMILES string of the molecule is CC(Nc1ccc(I)cc1Cl)c1ccc(Cl)cc1. The Balaban J connectivity index is 2.15. The van der Waals surface area contributed by atoms with E-state index in [4.69, 9.17) is 23.2 Å². The number of anilines is 1. The molecule has 0 fully saturated rings. The van der Waals surface area contributed by atoms with Crippen LogP contribution in [0.1, 0.15) is 18.5 Å². The van der Waals surface area contributed by atoms with Crippen LogP contribution in [-0.4, -0.2) is 0 Å². The second-order valence-corrected chi connectivity index (χ2v) is 6.13. The number of hydrogen-bond acceptors (Lipinski definition) is 1. The minimum atomic E-state index is 0.180. The minimum absolute atomic E-state index is 0.180. The first-order chi connectivity index (χ1) is 8.56. The number of rotatable bonds is 3. The van der Waals surface area contributed by atoms with Crippen LogP contribution >= 0.6 is 45.8 Å². The summed E-state index contributed by atoms with van der Waals surface area (Å²) < 4.78 is 1.13. The molecule has 1 N–H and O–H groups in total. The molecule has 0 aliphatic carbocycles. The predicted octanol–water partition coefficient (Wildman–Crippen LogP) is 5.77. The van der Waals surface area contributed by atoms with E-state index in [1.54, 1.807) is 0 Å². The van der Waals surface area contributed by atoms with Gasteiger partial charge < -0.3 is 5.32 Å². The third-order valence-electron chi connectivity index (χ3n) is 2.67. The molecule has 0 aromatic heterocycles. The second-order valence-electron chi connectivity index (χ2n) is 4.04. The Labute approximate surface area is 131 Å². The maximum Gasteiger partial charge on any atom is 0.0648 e. The molecule has 0 radical (unpaired) electrons. The fourth-order valence-electron chi connectivity index (χ4n) is 1.67. The first-order valence-corrected chi connectivity index (χ1v) is 7.37. The summed E-state index contributed by atoms with van der Waals surface area (Å²) in [4.78, 5) is 0. The molecule has 0 bridgehead atoms. The van der Waals surface area contributed by atoms with Crippen molar-refractivity contribution in [3.63, 3.8) is 0 Å². The Kier molecular flexibility index (Phi) is 4.76. The van der Waals surface area contributed by atoms with Crippen molar-refractivity contribution in [3.05, 3.63) is 61.6 Å². The summed E-state index contributed by atoms with van der Waals surface area (Å²) >= 11 is 14.3. The van der Waals surface area contributed by atoms with Gasteiger partial charge in [0.05, 0.1) is 10.7 Å². The van der Waals surface area contributed by atoms with Gasteiger partial charge in [-0.2, -0.15) is 0 Å². The van der Waals surface area contributed by atoms with Gasteiger partial charge in [0.15, 0.2) is 0 Å². The van der Waals surface area contributed by atoms with Crippen molar-refractivity contribution in [2.24, 2.45) is 0 Å². The van der Waals surface area contributed by atoms with Gasteiger partial charge >= 0.3 is 0 Å². The Morgan fingerprint density at radius 1 is 1.06 bits per heavy atom. The van der Waals surface area contributed by atoms with E-state index in [-0.39, 0.29) is 6.04 Å². The summed E-state index contributed by atoms with van der Waals surface area (Å²) in [5.41, 5.74) is 2.12. The topological polar surface area (TPSA) is 12.0 Å². The summed E-state index contributed by atoms with van der Waals surface area (Å²) in [6.07, 6.45) is 0. The van der Waals surface area contributed by atoms with Crippen molar-refractivity contribution in [1.29, 1.82) is 0 Å². The molecule has 0 heterocycles. The lowest BCUT2D eigenvalue weighted by molar-refractivity contribution is 0.885. The molecule has 2 rings (SSSR count). The first-order valence-electron chi connectivity index (χ1n) is 5.53. The van der Waals surface area contributed by atoms with Gasteiger partial charge in [-0.15, -0.1) is 0 Å². The fraction of sp³-hybridized carbons (Fsp3) is 0.143. The van der Waals surface area contributed by atoms with Crippen LogP contribution in [0.5, 0.6) is 0 Å². The van der Waals surface area contributed by atoms with E-state index in [0.717, 1.165) is 19.3 Å². The lowest BCUT2D eigenvalue weighted by atomic mass is 10.1. The number of hydrogen-bond donors (Lipinski definition) is 1. The summed E-state index contributed by atoms with van der Waals surface area (Å²) in [6, 6.07) is 14.0. The standard InChI is InChI=1S/C14H12Cl2IN/c1-9(10-2-4-11(15)5-3-10)18-14-7-6-12(17)8-13(14)16/h2-9,18H,1H3. The van der Waals surface area contributed by atoms with E-state index in [0.29, 0.717) is 0 Å². The van der Waals surface area contributed by atoms with Crippen LogP contribution in [0.25, 0.3) is 0 Å². The summed E-state index contributed by atoms with van der Waals surface area (Å²) in [6.45, 7) is 2.09. The highest BCUT2D eigenvalue weighted by molar-refractivity contribution is 14.1. The molecular weight excluding hydrogens is 380 g/mol. The van der Waals surface area contributed by atoms with Gasteiger partial charge in [-0.3, -0.25) is 0 Å². The van der Waals surface area contributed by atoms with Crippen molar-refractivity contribution in [2.75, 3.05) is 5.32 Å². The van der Waals surface area contributed by atoms with Crippen LogP contribution in [0.4, 0.5) is 5.69 Å². The molecule has 0 amide bonds. The third kappa shape index (κ3) is 3.53. The molecule has 0 aliphatic heterocycles. The molecule has 2 aromatic rings. The van der Waals surface area contributed by atoms with Gasteiger partial charge in [0.2, 0.25) is 0 Å². The molecule has 0 aliphatic rings. The average Bonchev–Trinajstić information content (AvgIpc) is 2.33. The highest BCUT2D eigenvalue weighted by Gasteiger charge is 2.07. The smallest absolute Gasteiger partial charge is 0.0648 e. The number of halogens is 3. The Hall–Kier alpha value is -0.450. The molecule has 1 atom stereocenters. The van der Waals surface area contributed by atoms with Crippen LogP contribution < -0.4 is 5.32 Å². The second kappa shape index (κ2) is 6.13. The molecule has 1 nitrogen and oxygen atoms in total. The fourth-order valence-corrected chi connectivity index (χ4v) is 2.71. The van der Waals surface area contributed by atoms with Gasteiger partial charge in [0, 0.05) is 14.6 Å². The lowest BCUT2D eigenvalue weighted by Crippen LogP contribution is -2.06. The van der Waals surface area contributed by atoms with Crippen LogP contribution in [0.2, 0.25) is 10.0 Å². The van der Waals surface area contributed by atoms with Gasteiger partial charge in [-0.25, -0.2) is 0 Å². The minimum Gasteiger partial charge on any atom is -0.377 e. The molecule has 2 aromatic carbocycles. The highest BCUT2D eigenvalue weighted by Crippen LogP contribution is 2.28. The van der Waals surface area contributed by atoms with Crippen molar-refractivity contribution in [1.82, 2.24) is 0 Å². The third-order valence-corrected chi connectivity index (χ3v) is 3.91. The predicted molar refractivity (Wildman–Crippen MR) is 87.7 cm³/mol. The van der Waals surface area contributed by atoms with E-state index < -0.39 is 0 Å². The summed E-state index contributed by atoms with van der Waals surface area (Å²) in [7, 11) is 0. The van der Waals surface area contributed by atoms with Crippen LogP contribution in [0.3, 0.4) is 0 Å². The highest BCUT2D eigenvalue weighted by atomic mass is 127. The molecule has 0 saturated heterocycles. The molecule has 4 heteroatoms. The Morgan fingerprint density at radius 2 is 1.72 bits per heavy atom. The van der Waals surface area contributed by atoms with E-state index >= 15 is 0 Å². The Morgan fingerprint density at radius 3 is 2.33 bits per heavy atom. The lowest BCUT2D eigenvalue weighted by Gasteiger charge is -2.17. The van der Waals surface area contributed by atoms with Crippen LogP contribution in [0.15, 0.2) is 42.5 Å². The molecule has 18 heavy (non-hydrogen) atoms. The van der Waals surface area contributed by atoms with E-state index in [2.05, 4.69) is 34.8 Å². The van der Waals surface area contributed by atoms with Gasteiger partial charge in [0.1, 0.15) is 0 Å². The van der Waals surface area contributed by atoms with Gasteiger partial charge in [-0.1, -0.05) is 35.3 Å². The molecule has 0 spiro atoms. The summed E-state index contributed by atoms with van der Waals surface area (Å²) in [5, 5.41) is 4.88. The monoisotopic (exact) mass is 391 g/mol. The van der Waals surface area contributed by atoms with E-state index in [9.17, 15) is 0 Å². The zero-order valence-electron chi connectivity index (χ0n) is 9.75. The van der Waals surface area contributed by atoms with Crippen molar-refractivity contribution >= 4 is 51.5 Å². The van der Waals surface area contributed by atoms with Crippen molar-refractivity contribution in [2.45, 2.75) is 13.0 Å². The van der Waals surface area contributed by atoms with Gasteiger partial charge in [0.25, 0.3) is 0 Å². The summed E-state index contributed by atoms with van der Waals surface area (Å²) in [5.74, 6) is 0. The zero-order chi connectivity index (χ0) is 13.1. The van der Waals surface area contributed by atoms with Crippen molar-refractivity contribution in [3.8, 4) is 0 Å². The molecule has 94 valence electrons. The van der Waals surface area contributed by atoms with Crippen LogP contribution in [0, 0.1) is 3.57 Å². The van der Waals surface area contributed by atoms with Gasteiger partial charge in [-0.05, 0) is 65.4 Å². The first kappa shape index (κ1) is 14.0. The van der Waals surface area contributed by atoms with Crippen molar-refractivity contribution < 1.29 is 0 Å². The maximum absolute atomic E-state index is 6.20. The quantitative estimate of drug-likeness (QED) is 0.654. The van der Waals surface area contributed by atoms with E-state index in [1.807, 2.05) is 42.5 Å². The van der Waals surface area contributed by atoms with E-state index in [1.165, 1.54) is 5.56 Å². The Bertz CT molecular complexity index is 540. The molecular formula is C14H12Cl2IN. The number of nitrogens with one attached hydrogen (secondary N) is 1. The molecule has 0 saturated carbocycles. The molecule has 1 unspecified atom stereocenters. The largest absolute Gasteiger partial charge is 0.377 e. The number of benzene rings is 2. The zero-order valence-corrected chi connectivity index (χ0v) is 13.4. The normalized spacial score (nSPS) is 12.2. The maximum atomic E-state index is 6.20.